The van der Waals surface area contributed by atoms with Crippen molar-refractivity contribution in [3.05, 3.63) is 36.5 Å². The fourth-order valence-electron chi connectivity index (χ4n) is 5.61. The summed E-state index contributed by atoms with van der Waals surface area (Å²) < 4.78 is 32.6. The molecule has 0 heterocycles. The minimum atomic E-state index is -4.72. The van der Waals surface area contributed by atoms with Gasteiger partial charge >= 0.3 is 25.7 Å². The molecule has 54 heavy (non-hydrogen) atoms. The molecule has 12 heteroatoms. The Kier molecular flexibility index (Phi) is 36.0. The van der Waals surface area contributed by atoms with Crippen molar-refractivity contribution in [1.82, 2.24) is 0 Å². The summed E-state index contributed by atoms with van der Waals surface area (Å²) in [4.78, 5) is 45.9. The molecule has 11 nitrogen and oxygen atoms in total. The number of aliphatic carboxylic acids is 1. The first kappa shape index (κ1) is 51.7. The van der Waals surface area contributed by atoms with E-state index in [0.717, 1.165) is 70.6 Å². The Hall–Kier alpha value is -2.30. The molecule has 0 saturated carbocycles. The standard InChI is InChI=1S/C42H76NO10P/c1-3-5-7-9-11-13-15-17-19-21-23-25-27-29-31-33-40(44)50-35-38(36-51-54(48,49)52-37-39(43)42(46)47)53-41(45)34-32-30-28-26-24-22-20-18-16-14-12-10-8-6-4-2/h5,7,11,13,17,19,38-39H,3-4,6,8-10,12,14-16,18,20-37,43H2,1-2H3,(H,46,47)(H,48,49)/t38-,39+/m1/s1. The molecule has 0 saturated heterocycles. The molecular weight excluding hydrogens is 709 g/mol. The number of hydrogen-bond acceptors (Lipinski definition) is 9. The van der Waals surface area contributed by atoms with Crippen molar-refractivity contribution in [2.24, 2.45) is 5.73 Å². The number of hydrogen-bond donors (Lipinski definition) is 3. The first-order valence-corrected chi connectivity index (χ1v) is 22.5. The van der Waals surface area contributed by atoms with Crippen LogP contribution in [0.15, 0.2) is 36.5 Å². The second-order valence-electron chi connectivity index (χ2n) is 14.1. The number of allylic oxidation sites excluding steroid dienone is 6. The number of esters is 2. The summed E-state index contributed by atoms with van der Waals surface area (Å²) in [5, 5.41) is 8.88. The summed E-state index contributed by atoms with van der Waals surface area (Å²) in [6.45, 7) is 2.68. The van der Waals surface area contributed by atoms with E-state index >= 15 is 0 Å². The third kappa shape index (κ3) is 36.7. The second-order valence-corrected chi connectivity index (χ2v) is 15.6. The van der Waals surface area contributed by atoms with Crippen molar-refractivity contribution in [2.45, 2.75) is 193 Å². The van der Waals surface area contributed by atoms with Gasteiger partial charge in [-0.15, -0.1) is 0 Å². The number of carbonyl (C=O) groups is 3. The summed E-state index contributed by atoms with van der Waals surface area (Å²) in [6, 6.07) is -1.52. The molecule has 0 aromatic rings. The minimum absolute atomic E-state index is 0.160. The van der Waals surface area contributed by atoms with Crippen LogP contribution in [-0.2, 0) is 37.5 Å². The van der Waals surface area contributed by atoms with Gasteiger partial charge in [-0.05, 0) is 44.9 Å². The lowest BCUT2D eigenvalue weighted by atomic mass is 10.0. The smallest absolute Gasteiger partial charge is 0.472 e. The van der Waals surface area contributed by atoms with E-state index < -0.39 is 51.1 Å². The van der Waals surface area contributed by atoms with Gasteiger partial charge in [0.15, 0.2) is 6.10 Å². The predicted molar refractivity (Wildman–Crippen MR) is 217 cm³/mol. The number of phosphoric ester groups is 1. The molecule has 1 unspecified atom stereocenters. The molecule has 3 atom stereocenters. The number of ether oxygens (including phenoxy) is 2. The maximum Gasteiger partial charge on any atom is 0.472 e. The van der Waals surface area contributed by atoms with Gasteiger partial charge in [0.05, 0.1) is 13.2 Å². The van der Waals surface area contributed by atoms with Crippen LogP contribution in [0.2, 0.25) is 0 Å². The fraction of sp³-hybridized carbons (Fsp3) is 0.786. The van der Waals surface area contributed by atoms with Gasteiger partial charge < -0.3 is 25.2 Å². The lowest BCUT2D eigenvalue weighted by Crippen LogP contribution is -2.34. The molecule has 0 aromatic carbocycles. The fourth-order valence-corrected chi connectivity index (χ4v) is 6.39. The van der Waals surface area contributed by atoms with Crippen LogP contribution in [0.3, 0.4) is 0 Å². The number of unbranched alkanes of at least 4 members (excludes halogenated alkanes) is 19. The van der Waals surface area contributed by atoms with Gasteiger partial charge in [0.25, 0.3) is 0 Å². The first-order valence-electron chi connectivity index (χ1n) is 21.0. The minimum Gasteiger partial charge on any atom is -0.480 e. The van der Waals surface area contributed by atoms with Gasteiger partial charge in [0.2, 0.25) is 0 Å². The van der Waals surface area contributed by atoms with E-state index in [1.54, 1.807) is 0 Å². The van der Waals surface area contributed by atoms with Crippen molar-refractivity contribution < 1.29 is 47.5 Å². The third-order valence-electron chi connectivity index (χ3n) is 8.90. The maximum atomic E-state index is 12.6. The number of phosphoric acid groups is 1. The molecule has 0 amide bonds. The molecule has 0 bridgehead atoms. The van der Waals surface area contributed by atoms with E-state index in [2.05, 4.69) is 54.8 Å². The SMILES string of the molecule is CCC=CCC=CCC=CCCCCCCCC(=O)OC[C@H](COP(=O)(O)OC[C@H](N)C(=O)O)OC(=O)CCCCCCCCCCCCCCCCC. The highest BCUT2D eigenvalue weighted by atomic mass is 31.2. The van der Waals surface area contributed by atoms with Crippen LogP contribution in [0.5, 0.6) is 0 Å². The lowest BCUT2D eigenvalue weighted by molar-refractivity contribution is -0.161. The molecule has 4 N–H and O–H groups in total. The zero-order valence-electron chi connectivity index (χ0n) is 33.8. The molecule has 314 valence electrons. The number of carboxylic acid groups (broad SMARTS) is 1. The van der Waals surface area contributed by atoms with Crippen molar-refractivity contribution in [3.63, 3.8) is 0 Å². The van der Waals surface area contributed by atoms with Crippen molar-refractivity contribution in [1.29, 1.82) is 0 Å². The molecular formula is C42H76NO10P. The van der Waals surface area contributed by atoms with E-state index in [9.17, 15) is 23.8 Å². The van der Waals surface area contributed by atoms with Gasteiger partial charge in [-0.3, -0.25) is 23.4 Å². The highest BCUT2D eigenvalue weighted by Gasteiger charge is 2.28. The van der Waals surface area contributed by atoms with E-state index in [1.165, 1.54) is 70.6 Å². The highest BCUT2D eigenvalue weighted by molar-refractivity contribution is 7.47. The monoisotopic (exact) mass is 786 g/mol. The van der Waals surface area contributed by atoms with Crippen LogP contribution in [0.4, 0.5) is 0 Å². The Bertz CT molecular complexity index is 1060. The Morgan fingerprint density at radius 1 is 0.593 bits per heavy atom. The molecule has 0 aliphatic heterocycles. The Morgan fingerprint density at radius 3 is 1.56 bits per heavy atom. The van der Waals surface area contributed by atoms with E-state index in [1.807, 2.05) is 0 Å². The number of rotatable bonds is 39. The molecule has 0 aliphatic carbocycles. The summed E-state index contributed by atoms with van der Waals surface area (Å²) in [7, 11) is -4.72. The quantitative estimate of drug-likeness (QED) is 0.0234. The number of carbonyl (C=O) groups excluding carboxylic acids is 2. The summed E-state index contributed by atoms with van der Waals surface area (Å²) in [5.74, 6) is -2.40. The predicted octanol–water partition coefficient (Wildman–Crippen LogP) is 10.8. The van der Waals surface area contributed by atoms with Gasteiger partial charge in [-0.1, -0.05) is 159 Å². The first-order chi connectivity index (χ1) is 26.1. The van der Waals surface area contributed by atoms with Gasteiger partial charge in [0.1, 0.15) is 12.6 Å². The van der Waals surface area contributed by atoms with Crippen LogP contribution in [0.1, 0.15) is 181 Å². The van der Waals surface area contributed by atoms with Crippen LogP contribution in [0.25, 0.3) is 0 Å². The van der Waals surface area contributed by atoms with Crippen LogP contribution in [-0.4, -0.2) is 59.9 Å². The van der Waals surface area contributed by atoms with Crippen molar-refractivity contribution in [3.8, 4) is 0 Å². The summed E-state index contributed by atoms with van der Waals surface area (Å²) in [5.41, 5.74) is 5.33. The second kappa shape index (κ2) is 37.6. The van der Waals surface area contributed by atoms with Gasteiger partial charge in [-0.2, -0.15) is 0 Å². The Balaban J connectivity index is 4.40. The molecule has 0 radical (unpaired) electrons. The maximum absolute atomic E-state index is 12.6. The molecule has 0 rings (SSSR count). The molecule has 0 spiro atoms. The normalized spacial score (nSPS) is 14.1. The van der Waals surface area contributed by atoms with E-state index in [4.69, 9.17) is 24.8 Å². The van der Waals surface area contributed by atoms with Crippen molar-refractivity contribution in [2.75, 3.05) is 19.8 Å². The molecule has 0 aromatic heterocycles. The van der Waals surface area contributed by atoms with Crippen LogP contribution >= 0.6 is 7.82 Å². The summed E-state index contributed by atoms with van der Waals surface area (Å²) >= 11 is 0. The zero-order chi connectivity index (χ0) is 40.0. The number of carboxylic acids is 1. The summed E-state index contributed by atoms with van der Waals surface area (Å²) in [6.07, 6.45) is 39.2. The average Bonchev–Trinajstić information content (AvgIpc) is 3.14. The van der Waals surface area contributed by atoms with Gasteiger partial charge in [0, 0.05) is 12.8 Å². The average molecular weight is 786 g/mol. The number of nitrogens with two attached hydrogens (primary N) is 1. The molecule has 0 fully saturated rings. The van der Waals surface area contributed by atoms with E-state index in [-0.39, 0.29) is 19.4 Å². The third-order valence-corrected chi connectivity index (χ3v) is 9.85. The van der Waals surface area contributed by atoms with Crippen molar-refractivity contribution >= 4 is 25.7 Å². The highest BCUT2D eigenvalue weighted by Crippen LogP contribution is 2.43. The largest absolute Gasteiger partial charge is 0.480 e. The Morgan fingerprint density at radius 2 is 1.04 bits per heavy atom. The lowest BCUT2D eigenvalue weighted by Gasteiger charge is -2.20. The Labute approximate surface area is 327 Å². The van der Waals surface area contributed by atoms with Crippen LogP contribution < -0.4 is 5.73 Å². The zero-order valence-corrected chi connectivity index (χ0v) is 34.7. The van der Waals surface area contributed by atoms with Crippen LogP contribution in [0, 0.1) is 0 Å². The topological polar surface area (TPSA) is 172 Å². The van der Waals surface area contributed by atoms with E-state index in [0.29, 0.717) is 12.8 Å². The van der Waals surface area contributed by atoms with Gasteiger partial charge in [-0.25, -0.2) is 4.57 Å². The molecule has 0 aliphatic rings.